The molecule has 78 valence electrons. The summed E-state index contributed by atoms with van der Waals surface area (Å²) in [6.07, 6.45) is -4.73. The molecular weight excluding hydrogens is 219 g/mol. The van der Waals surface area contributed by atoms with E-state index in [4.69, 9.17) is 17.3 Å². The SMILES string of the molecule is NCc1ccc(OC(F)(F)F)c(Cl)c1. The Hall–Kier alpha value is -0.940. The lowest BCUT2D eigenvalue weighted by Crippen LogP contribution is -2.17. The minimum Gasteiger partial charge on any atom is -0.404 e. The van der Waals surface area contributed by atoms with Crippen molar-refractivity contribution < 1.29 is 17.9 Å². The van der Waals surface area contributed by atoms with Gasteiger partial charge in [0.2, 0.25) is 0 Å². The molecule has 14 heavy (non-hydrogen) atoms. The number of halogens is 4. The van der Waals surface area contributed by atoms with Gasteiger partial charge < -0.3 is 10.5 Å². The summed E-state index contributed by atoms with van der Waals surface area (Å²) < 4.78 is 39.1. The molecule has 1 aromatic rings. The molecule has 0 aliphatic rings. The van der Waals surface area contributed by atoms with Gasteiger partial charge in [-0.05, 0) is 17.7 Å². The van der Waals surface area contributed by atoms with Crippen LogP contribution in [0.4, 0.5) is 13.2 Å². The Morgan fingerprint density at radius 1 is 1.36 bits per heavy atom. The van der Waals surface area contributed by atoms with Gasteiger partial charge in [-0.1, -0.05) is 17.7 Å². The van der Waals surface area contributed by atoms with Gasteiger partial charge in [0.15, 0.2) is 0 Å². The van der Waals surface area contributed by atoms with Crippen molar-refractivity contribution in [2.45, 2.75) is 12.9 Å². The molecule has 0 aliphatic carbocycles. The summed E-state index contributed by atoms with van der Waals surface area (Å²) >= 11 is 5.53. The molecule has 0 saturated heterocycles. The van der Waals surface area contributed by atoms with Crippen LogP contribution in [0.15, 0.2) is 18.2 Å². The summed E-state index contributed by atoms with van der Waals surface area (Å²) in [6.45, 7) is 0.214. The highest BCUT2D eigenvalue weighted by molar-refractivity contribution is 6.32. The molecule has 6 heteroatoms. The Labute approximate surface area is 83.4 Å². The predicted molar refractivity (Wildman–Crippen MR) is 46.0 cm³/mol. The number of nitrogens with two attached hydrogens (primary N) is 1. The third kappa shape index (κ3) is 3.08. The molecule has 1 aromatic carbocycles. The first-order chi connectivity index (χ1) is 6.42. The van der Waals surface area contributed by atoms with Crippen molar-refractivity contribution in [1.82, 2.24) is 0 Å². The molecule has 2 nitrogen and oxygen atoms in total. The van der Waals surface area contributed by atoms with Gasteiger partial charge in [-0.25, -0.2) is 0 Å². The first-order valence-corrected chi connectivity index (χ1v) is 4.04. The van der Waals surface area contributed by atoms with Gasteiger partial charge in [-0.15, -0.1) is 13.2 Å². The average molecular weight is 226 g/mol. The van der Waals surface area contributed by atoms with Crippen LogP contribution in [0.2, 0.25) is 5.02 Å². The minimum atomic E-state index is -4.73. The van der Waals surface area contributed by atoms with E-state index in [-0.39, 0.29) is 11.6 Å². The summed E-state index contributed by atoms with van der Waals surface area (Å²) in [5.41, 5.74) is 5.92. The van der Waals surface area contributed by atoms with Crippen LogP contribution in [-0.4, -0.2) is 6.36 Å². The van der Waals surface area contributed by atoms with Crippen LogP contribution >= 0.6 is 11.6 Å². The summed E-state index contributed by atoms with van der Waals surface area (Å²) in [5, 5.41) is -0.106. The molecule has 0 aliphatic heterocycles. The monoisotopic (exact) mass is 225 g/mol. The van der Waals surface area contributed by atoms with Crippen LogP contribution in [0.25, 0.3) is 0 Å². The van der Waals surface area contributed by atoms with Gasteiger partial charge in [0, 0.05) is 6.54 Å². The minimum absolute atomic E-state index is 0.106. The van der Waals surface area contributed by atoms with E-state index in [0.717, 1.165) is 6.07 Å². The van der Waals surface area contributed by atoms with Crippen LogP contribution in [0.5, 0.6) is 5.75 Å². The maximum absolute atomic E-state index is 11.8. The quantitative estimate of drug-likeness (QED) is 0.840. The number of rotatable bonds is 2. The highest BCUT2D eigenvalue weighted by Crippen LogP contribution is 2.30. The lowest BCUT2D eigenvalue weighted by Gasteiger charge is -2.10. The Morgan fingerprint density at radius 3 is 2.43 bits per heavy atom. The zero-order chi connectivity index (χ0) is 10.8. The second-order valence-corrected chi connectivity index (χ2v) is 2.92. The fraction of sp³-hybridized carbons (Fsp3) is 0.250. The van der Waals surface area contributed by atoms with E-state index >= 15 is 0 Å². The van der Waals surface area contributed by atoms with E-state index in [0.29, 0.717) is 5.56 Å². The van der Waals surface area contributed by atoms with Crippen molar-refractivity contribution in [3.05, 3.63) is 28.8 Å². The Morgan fingerprint density at radius 2 is 2.00 bits per heavy atom. The van der Waals surface area contributed by atoms with E-state index in [2.05, 4.69) is 4.74 Å². The fourth-order valence-electron chi connectivity index (χ4n) is 0.879. The zero-order valence-corrected chi connectivity index (χ0v) is 7.69. The van der Waals surface area contributed by atoms with Crippen LogP contribution in [0.3, 0.4) is 0 Å². The zero-order valence-electron chi connectivity index (χ0n) is 6.94. The molecular formula is C8H7ClF3NO. The number of hydrogen-bond donors (Lipinski definition) is 1. The summed E-state index contributed by atoms with van der Waals surface area (Å²) in [5.74, 6) is -0.420. The molecule has 0 bridgehead atoms. The van der Waals surface area contributed by atoms with E-state index in [1.165, 1.54) is 12.1 Å². The lowest BCUT2D eigenvalue weighted by atomic mass is 10.2. The van der Waals surface area contributed by atoms with Crippen LogP contribution in [0.1, 0.15) is 5.56 Å². The molecule has 0 amide bonds. The maximum Gasteiger partial charge on any atom is 0.573 e. The second kappa shape index (κ2) is 4.06. The van der Waals surface area contributed by atoms with Crippen LogP contribution in [-0.2, 0) is 6.54 Å². The molecule has 2 N–H and O–H groups in total. The molecule has 0 fully saturated rings. The predicted octanol–water partition coefficient (Wildman–Crippen LogP) is 2.70. The number of alkyl halides is 3. The topological polar surface area (TPSA) is 35.2 Å². The third-order valence-electron chi connectivity index (χ3n) is 1.46. The standard InChI is InChI=1S/C8H7ClF3NO/c9-6-3-5(4-13)1-2-7(6)14-8(10,11)12/h1-3H,4,13H2. The number of ether oxygens (including phenoxy) is 1. The van der Waals surface area contributed by atoms with Crippen molar-refractivity contribution in [3.63, 3.8) is 0 Å². The Kier molecular flexibility index (Phi) is 3.23. The van der Waals surface area contributed by atoms with Gasteiger partial charge >= 0.3 is 6.36 Å². The average Bonchev–Trinajstić information content (AvgIpc) is 2.06. The van der Waals surface area contributed by atoms with Gasteiger partial charge in [-0.2, -0.15) is 0 Å². The largest absolute Gasteiger partial charge is 0.573 e. The third-order valence-corrected chi connectivity index (χ3v) is 1.75. The van der Waals surface area contributed by atoms with Gasteiger partial charge in [-0.3, -0.25) is 0 Å². The van der Waals surface area contributed by atoms with E-state index < -0.39 is 12.1 Å². The molecule has 0 aromatic heterocycles. The van der Waals surface area contributed by atoms with Crippen molar-refractivity contribution in [2.24, 2.45) is 5.73 Å². The highest BCUT2D eigenvalue weighted by atomic mass is 35.5. The van der Waals surface area contributed by atoms with E-state index in [9.17, 15) is 13.2 Å². The highest BCUT2D eigenvalue weighted by Gasteiger charge is 2.31. The molecule has 0 atom stereocenters. The molecule has 0 unspecified atom stereocenters. The fourth-order valence-corrected chi connectivity index (χ4v) is 1.12. The Balaban J connectivity index is 2.89. The molecule has 0 heterocycles. The maximum atomic E-state index is 11.8. The molecule has 0 saturated carbocycles. The number of benzene rings is 1. The summed E-state index contributed by atoms with van der Waals surface area (Å²) in [7, 11) is 0. The van der Waals surface area contributed by atoms with E-state index in [1.807, 2.05) is 0 Å². The normalized spacial score (nSPS) is 11.5. The molecule has 1 rings (SSSR count). The van der Waals surface area contributed by atoms with Crippen molar-refractivity contribution in [1.29, 1.82) is 0 Å². The summed E-state index contributed by atoms with van der Waals surface area (Å²) in [6, 6.07) is 3.90. The Bertz CT molecular complexity index is 327. The van der Waals surface area contributed by atoms with E-state index in [1.54, 1.807) is 0 Å². The van der Waals surface area contributed by atoms with Gasteiger partial charge in [0.25, 0.3) is 0 Å². The summed E-state index contributed by atoms with van der Waals surface area (Å²) in [4.78, 5) is 0. The first-order valence-electron chi connectivity index (χ1n) is 3.66. The second-order valence-electron chi connectivity index (χ2n) is 2.52. The van der Waals surface area contributed by atoms with Crippen LogP contribution in [0, 0.1) is 0 Å². The molecule has 0 spiro atoms. The van der Waals surface area contributed by atoms with Crippen LogP contribution < -0.4 is 10.5 Å². The van der Waals surface area contributed by atoms with Crippen molar-refractivity contribution in [2.75, 3.05) is 0 Å². The van der Waals surface area contributed by atoms with Gasteiger partial charge in [0.1, 0.15) is 5.75 Å². The molecule has 0 radical (unpaired) electrons. The van der Waals surface area contributed by atoms with Crippen molar-refractivity contribution >= 4 is 11.6 Å². The smallest absolute Gasteiger partial charge is 0.404 e. The van der Waals surface area contributed by atoms with Gasteiger partial charge in [0.05, 0.1) is 5.02 Å². The first kappa shape index (κ1) is 11.1. The lowest BCUT2D eigenvalue weighted by molar-refractivity contribution is -0.274. The van der Waals surface area contributed by atoms with Crippen molar-refractivity contribution in [3.8, 4) is 5.75 Å². The number of hydrogen-bond acceptors (Lipinski definition) is 2.